The maximum Gasteiger partial charge on any atom is 0.327 e. The average Bonchev–Trinajstić information content (AvgIpc) is 2.78. The number of benzene rings is 2. The number of nitrogens with one attached hydrogen (secondary N) is 1. The molecule has 2 aromatic rings. The summed E-state index contributed by atoms with van der Waals surface area (Å²) in [6.45, 7) is 9.23. The molecule has 3 atom stereocenters. The van der Waals surface area contributed by atoms with Crippen LogP contribution >= 0.6 is 0 Å². The highest BCUT2D eigenvalue weighted by Crippen LogP contribution is 2.19. The van der Waals surface area contributed by atoms with Crippen molar-refractivity contribution >= 4 is 34.4 Å². The van der Waals surface area contributed by atoms with Gasteiger partial charge in [-0.1, -0.05) is 58.0 Å². The maximum absolute atomic E-state index is 11.3. The molecule has 7 N–H and O–H groups in total. The molecule has 2 rings (SSSR count). The van der Waals surface area contributed by atoms with Crippen molar-refractivity contribution in [2.75, 3.05) is 12.4 Å². The molecule has 0 saturated carbocycles. The summed E-state index contributed by atoms with van der Waals surface area (Å²) in [5.74, 6) is -1.73. The number of fused-ring (bicyclic) bond motifs is 1. The van der Waals surface area contributed by atoms with Crippen LogP contribution in [0.15, 0.2) is 42.5 Å². The van der Waals surface area contributed by atoms with Crippen molar-refractivity contribution in [3.8, 4) is 0 Å². The summed E-state index contributed by atoms with van der Waals surface area (Å²) in [7, 11) is 1.39. The maximum atomic E-state index is 11.3. The highest BCUT2D eigenvalue weighted by Gasteiger charge is 2.14. The zero-order valence-corrected chi connectivity index (χ0v) is 20.8. The first-order chi connectivity index (χ1) is 15.8. The zero-order chi connectivity index (χ0) is 26.4. The molecular formula is C25H39N3O6. The number of aliphatic carboxylic acids is 2. The Kier molecular flexibility index (Phi) is 14.2. The molecule has 0 saturated heterocycles. The number of carbonyl (C=O) groups is 3. The van der Waals surface area contributed by atoms with Gasteiger partial charge in [0.1, 0.15) is 18.1 Å². The van der Waals surface area contributed by atoms with E-state index in [1.807, 2.05) is 50.2 Å². The number of anilines is 1. The van der Waals surface area contributed by atoms with E-state index < -0.39 is 24.0 Å². The lowest BCUT2D eigenvalue weighted by molar-refractivity contribution is -0.141. The van der Waals surface area contributed by atoms with Crippen molar-refractivity contribution in [2.45, 2.75) is 59.2 Å². The Morgan fingerprint density at radius 3 is 1.85 bits per heavy atom. The minimum atomic E-state index is -0.931. The normalized spacial score (nSPS) is 13.0. The Labute approximate surface area is 201 Å². The fourth-order valence-corrected chi connectivity index (χ4v) is 2.66. The molecule has 0 aliphatic carbocycles. The average molecular weight is 478 g/mol. The van der Waals surface area contributed by atoms with Gasteiger partial charge in [0.15, 0.2) is 0 Å². The molecule has 0 bridgehead atoms. The lowest BCUT2D eigenvalue weighted by Gasteiger charge is -2.13. The molecule has 0 radical (unpaired) electrons. The second-order valence-corrected chi connectivity index (χ2v) is 8.63. The zero-order valence-electron chi connectivity index (χ0n) is 20.8. The van der Waals surface area contributed by atoms with E-state index in [0.29, 0.717) is 12.3 Å². The van der Waals surface area contributed by atoms with E-state index in [4.69, 9.17) is 21.7 Å². The van der Waals surface area contributed by atoms with Gasteiger partial charge in [-0.05, 0) is 48.1 Å². The third kappa shape index (κ3) is 12.2. The summed E-state index contributed by atoms with van der Waals surface area (Å²) >= 11 is 0. The minimum absolute atomic E-state index is 0.0208. The van der Waals surface area contributed by atoms with Crippen LogP contribution in [-0.2, 0) is 19.1 Å². The third-order valence-electron chi connectivity index (χ3n) is 4.73. The first-order valence-electron chi connectivity index (χ1n) is 11.1. The molecule has 0 spiro atoms. The summed E-state index contributed by atoms with van der Waals surface area (Å²) in [6.07, 6.45) is 0.551. The number of carboxylic acid groups (broad SMARTS) is 2. The van der Waals surface area contributed by atoms with Crippen LogP contribution in [0, 0.1) is 11.8 Å². The topological polar surface area (TPSA) is 165 Å². The van der Waals surface area contributed by atoms with Crippen molar-refractivity contribution in [2.24, 2.45) is 23.3 Å². The van der Waals surface area contributed by atoms with Gasteiger partial charge in [0, 0.05) is 5.69 Å². The molecule has 3 unspecified atom stereocenters. The molecule has 2 aromatic carbocycles. The predicted octanol–water partition coefficient (Wildman–Crippen LogP) is 3.31. The second kappa shape index (κ2) is 15.6. The van der Waals surface area contributed by atoms with E-state index in [1.165, 1.54) is 12.5 Å². The summed E-state index contributed by atoms with van der Waals surface area (Å²) in [5.41, 5.74) is 11.3. The second-order valence-electron chi connectivity index (χ2n) is 8.63. The summed E-state index contributed by atoms with van der Waals surface area (Å²) < 4.78 is 4.67. The van der Waals surface area contributed by atoms with Crippen LogP contribution in [0.4, 0.5) is 5.69 Å². The van der Waals surface area contributed by atoms with Crippen molar-refractivity contribution in [1.82, 2.24) is 0 Å². The number of ether oxygens (including phenoxy) is 1. The largest absolute Gasteiger partial charge is 0.480 e. The van der Waals surface area contributed by atoms with Gasteiger partial charge in [-0.3, -0.25) is 9.59 Å². The lowest BCUT2D eigenvalue weighted by atomic mass is 10.1. The van der Waals surface area contributed by atoms with Crippen LogP contribution < -0.4 is 16.8 Å². The standard InChI is InChI=1S/C14H15NO2.C6H13NO2.C5H11NO2/c1-10(14(16)17-2)15-13-8-7-11-5-3-4-6-12(11)9-13;1-4(2)3-5(7)6(8)9;1-3(2)4(6)5(7)8/h3-10,15H,1-2H3;4-5H,3,7H2,1-2H3,(H,8,9);3-4H,6H2,1-2H3,(H,7,8). The van der Waals surface area contributed by atoms with E-state index in [0.717, 1.165) is 11.1 Å². The van der Waals surface area contributed by atoms with Crippen molar-refractivity contribution in [3.05, 3.63) is 42.5 Å². The number of nitrogens with two attached hydrogens (primary N) is 2. The van der Waals surface area contributed by atoms with Crippen LogP contribution in [0.25, 0.3) is 10.8 Å². The third-order valence-corrected chi connectivity index (χ3v) is 4.73. The molecule has 34 heavy (non-hydrogen) atoms. The monoisotopic (exact) mass is 477 g/mol. The van der Waals surface area contributed by atoms with Crippen molar-refractivity contribution in [1.29, 1.82) is 0 Å². The highest BCUT2D eigenvalue weighted by molar-refractivity contribution is 5.87. The molecule has 190 valence electrons. The van der Waals surface area contributed by atoms with E-state index in [2.05, 4.69) is 16.1 Å². The number of hydrogen-bond acceptors (Lipinski definition) is 7. The van der Waals surface area contributed by atoms with Crippen LogP contribution in [0.3, 0.4) is 0 Å². The molecule has 0 aliphatic heterocycles. The highest BCUT2D eigenvalue weighted by atomic mass is 16.5. The van der Waals surface area contributed by atoms with Gasteiger partial charge >= 0.3 is 17.9 Å². The number of rotatable bonds is 8. The predicted molar refractivity (Wildman–Crippen MR) is 135 cm³/mol. The number of hydrogen-bond donors (Lipinski definition) is 5. The SMILES string of the molecule is CC(C)C(N)C(=O)O.CC(C)CC(N)C(=O)O.COC(=O)C(C)Nc1ccc2ccccc2c1. The number of methoxy groups -OCH3 is 1. The first-order valence-corrected chi connectivity index (χ1v) is 11.1. The van der Waals surface area contributed by atoms with Gasteiger partial charge in [0.05, 0.1) is 7.11 Å². The summed E-state index contributed by atoms with van der Waals surface area (Å²) in [6, 6.07) is 12.4. The molecular weight excluding hydrogens is 438 g/mol. The Morgan fingerprint density at radius 2 is 1.47 bits per heavy atom. The van der Waals surface area contributed by atoms with Gasteiger partial charge in [-0.25, -0.2) is 4.79 Å². The van der Waals surface area contributed by atoms with E-state index in [-0.39, 0.29) is 17.9 Å². The van der Waals surface area contributed by atoms with E-state index in [9.17, 15) is 14.4 Å². The molecule has 0 heterocycles. The molecule has 0 aliphatic rings. The Hall–Kier alpha value is -3.17. The van der Waals surface area contributed by atoms with Gasteiger partial charge in [-0.2, -0.15) is 0 Å². The van der Waals surface area contributed by atoms with E-state index in [1.54, 1.807) is 20.8 Å². The van der Waals surface area contributed by atoms with Crippen LogP contribution in [0.5, 0.6) is 0 Å². The van der Waals surface area contributed by atoms with Crippen LogP contribution in [0.1, 0.15) is 41.0 Å². The Balaban J connectivity index is 0.000000544. The number of carboxylic acids is 2. The minimum Gasteiger partial charge on any atom is -0.480 e. The summed E-state index contributed by atoms with van der Waals surface area (Å²) in [4.78, 5) is 31.4. The molecule has 9 heteroatoms. The van der Waals surface area contributed by atoms with Gasteiger partial charge < -0.3 is 31.7 Å². The summed E-state index contributed by atoms with van der Waals surface area (Å²) in [5, 5.41) is 22.0. The molecule has 0 aromatic heterocycles. The smallest absolute Gasteiger partial charge is 0.327 e. The van der Waals surface area contributed by atoms with Crippen molar-refractivity contribution in [3.63, 3.8) is 0 Å². The molecule has 9 nitrogen and oxygen atoms in total. The molecule has 0 amide bonds. The van der Waals surface area contributed by atoms with E-state index >= 15 is 0 Å². The number of esters is 1. The first kappa shape index (κ1) is 30.8. The van der Waals surface area contributed by atoms with Gasteiger partial charge in [0.25, 0.3) is 0 Å². The lowest BCUT2D eigenvalue weighted by Crippen LogP contribution is -2.34. The Morgan fingerprint density at radius 1 is 0.912 bits per heavy atom. The fourth-order valence-electron chi connectivity index (χ4n) is 2.66. The van der Waals surface area contributed by atoms with Gasteiger partial charge in [0.2, 0.25) is 0 Å². The van der Waals surface area contributed by atoms with Crippen LogP contribution in [0.2, 0.25) is 0 Å². The quantitative estimate of drug-likeness (QED) is 0.359. The fraction of sp³-hybridized carbons (Fsp3) is 0.480. The van der Waals surface area contributed by atoms with Gasteiger partial charge in [-0.15, -0.1) is 0 Å². The molecule has 0 fully saturated rings. The number of carbonyl (C=O) groups excluding carboxylic acids is 1. The van der Waals surface area contributed by atoms with Crippen LogP contribution in [-0.4, -0.2) is 53.4 Å². The van der Waals surface area contributed by atoms with Crippen molar-refractivity contribution < 1.29 is 29.3 Å². The Bertz CT molecular complexity index is 916.